The van der Waals surface area contributed by atoms with Gasteiger partial charge in [-0.2, -0.15) is 0 Å². The minimum Gasteiger partial charge on any atom is -0.491 e. The molecular formula is C22H26O7. The molecule has 0 aliphatic carbocycles. The van der Waals surface area contributed by atoms with Crippen LogP contribution in [0.15, 0.2) is 48.5 Å². The zero-order valence-electron chi connectivity index (χ0n) is 16.4. The van der Waals surface area contributed by atoms with E-state index in [9.17, 15) is 14.7 Å². The van der Waals surface area contributed by atoms with Crippen molar-refractivity contribution in [2.75, 3.05) is 33.0 Å². The van der Waals surface area contributed by atoms with Gasteiger partial charge in [0.2, 0.25) is 0 Å². The normalized spacial score (nSPS) is 11.7. The minimum absolute atomic E-state index is 0.0480. The van der Waals surface area contributed by atoms with E-state index >= 15 is 0 Å². The minimum atomic E-state index is -0.963. The number of benzene rings is 2. The molecule has 7 heteroatoms. The van der Waals surface area contributed by atoms with Crippen molar-refractivity contribution >= 4 is 11.6 Å². The van der Waals surface area contributed by atoms with Crippen LogP contribution in [0.4, 0.5) is 0 Å². The lowest BCUT2D eigenvalue weighted by Crippen LogP contribution is -2.21. The molecule has 156 valence electrons. The quantitative estimate of drug-likeness (QED) is 0.301. The number of ether oxygens (including phenoxy) is 3. The van der Waals surface area contributed by atoms with E-state index in [-0.39, 0.29) is 31.2 Å². The van der Waals surface area contributed by atoms with Gasteiger partial charge in [0.05, 0.1) is 19.6 Å². The zero-order chi connectivity index (χ0) is 21.1. The second-order valence-electron chi connectivity index (χ2n) is 6.26. The first-order chi connectivity index (χ1) is 14.0. The highest BCUT2D eigenvalue weighted by molar-refractivity contribution is 6.13. The van der Waals surface area contributed by atoms with Crippen LogP contribution in [0, 0.1) is 0 Å². The Kier molecular flexibility index (Phi) is 9.30. The fourth-order valence-electron chi connectivity index (χ4n) is 2.43. The van der Waals surface area contributed by atoms with Gasteiger partial charge in [-0.05, 0) is 55.5 Å². The van der Waals surface area contributed by atoms with Gasteiger partial charge in [0.1, 0.15) is 30.8 Å². The lowest BCUT2D eigenvalue weighted by molar-refractivity contribution is 0.0536. The van der Waals surface area contributed by atoms with Crippen molar-refractivity contribution in [2.24, 2.45) is 0 Å². The first-order valence-electron chi connectivity index (χ1n) is 9.42. The Balaban J connectivity index is 1.85. The number of ketones is 2. The third kappa shape index (κ3) is 7.65. The Morgan fingerprint density at radius 3 is 1.86 bits per heavy atom. The molecule has 0 amide bonds. The molecule has 0 spiro atoms. The van der Waals surface area contributed by atoms with Crippen LogP contribution in [-0.2, 0) is 4.74 Å². The Bertz CT molecular complexity index is 769. The van der Waals surface area contributed by atoms with Crippen LogP contribution in [0.1, 0.15) is 34.1 Å². The highest BCUT2D eigenvalue weighted by atomic mass is 16.5. The maximum Gasteiger partial charge on any atom is 0.170 e. The third-order valence-electron chi connectivity index (χ3n) is 4.03. The molecule has 0 aromatic heterocycles. The van der Waals surface area contributed by atoms with E-state index in [1.54, 1.807) is 48.5 Å². The summed E-state index contributed by atoms with van der Waals surface area (Å²) in [5, 5.41) is 18.0. The SMILES string of the molecule is CCOCCOc1ccc(C(=O)CC(=O)c2ccc(OCC(O)CO)cc2)cc1. The molecule has 0 saturated carbocycles. The van der Waals surface area contributed by atoms with E-state index < -0.39 is 6.10 Å². The van der Waals surface area contributed by atoms with Crippen LogP contribution in [-0.4, -0.2) is 60.9 Å². The molecule has 0 aliphatic rings. The number of hydrogen-bond donors (Lipinski definition) is 2. The molecule has 0 fully saturated rings. The van der Waals surface area contributed by atoms with Gasteiger partial charge in [-0.1, -0.05) is 0 Å². The average molecular weight is 402 g/mol. The molecule has 2 aromatic carbocycles. The van der Waals surface area contributed by atoms with Gasteiger partial charge in [-0.3, -0.25) is 9.59 Å². The summed E-state index contributed by atoms with van der Waals surface area (Å²) in [6, 6.07) is 12.9. The molecule has 2 rings (SSSR count). The van der Waals surface area contributed by atoms with Gasteiger partial charge in [-0.15, -0.1) is 0 Å². The van der Waals surface area contributed by atoms with Crippen LogP contribution in [0.3, 0.4) is 0 Å². The lowest BCUT2D eigenvalue weighted by Gasteiger charge is -2.10. The second kappa shape index (κ2) is 12.0. The fourth-order valence-corrected chi connectivity index (χ4v) is 2.43. The molecule has 0 aliphatic heterocycles. The van der Waals surface area contributed by atoms with Crippen molar-refractivity contribution in [3.05, 3.63) is 59.7 Å². The van der Waals surface area contributed by atoms with Gasteiger partial charge >= 0.3 is 0 Å². The topological polar surface area (TPSA) is 102 Å². The zero-order valence-corrected chi connectivity index (χ0v) is 16.4. The molecule has 0 saturated heterocycles. The number of Topliss-reactive ketones (excluding diaryl/α,β-unsaturated/α-hetero) is 2. The van der Waals surface area contributed by atoms with Crippen LogP contribution in [0.25, 0.3) is 0 Å². The second-order valence-corrected chi connectivity index (χ2v) is 6.26. The van der Waals surface area contributed by atoms with E-state index in [1.165, 1.54) is 0 Å². The highest BCUT2D eigenvalue weighted by Gasteiger charge is 2.14. The Morgan fingerprint density at radius 1 is 0.862 bits per heavy atom. The van der Waals surface area contributed by atoms with Crippen molar-refractivity contribution in [3.8, 4) is 11.5 Å². The number of aliphatic hydroxyl groups is 2. The first kappa shape index (κ1) is 22.5. The van der Waals surface area contributed by atoms with Crippen molar-refractivity contribution in [1.29, 1.82) is 0 Å². The molecule has 29 heavy (non-hydrogen) atoms. The Morgan fingerprint density at radius 2 is 1.38 bits per heavy atom. The number of carbonyl (C=O) groups is 2. The van der Waals surface area contributed by atoms with Crippen LogP contribution >= 0.6 is 0 Å². The molecule has 2 aromatic rings. The van der Waals surface area contributed by atoms with Gasteiger partial charge in [-0.25, -0.2) is 0 Å². The molecule has 1 atom stereocenters. The van der Waals surface area contributed by atoms with Crippen LogP contribution in [0.2, 0.25) is 0 Å². The van der Waals surface area contributed by atoms with Gasteiger partial charge in [0, 0.05) is 17.7 Å². The summed E-state index contributed by atoms with van der Waals surface area (Å²) in [5.41, 5.74) is 0.831. The number of aliphatic hydroxyl groups excluding tert-OH is 2. The van der Waals surface area contributed by atoms with E-state index in [2.05, 4.69) is 0 Å². The van der Waals surface area contributed by atoms with Gasteiger partial charge in [0.15, 0.2) is 11.6 Å². The maximum absolute atomic E-state index is 12.4. The molecule has 0 radical (unpaired) electrons. The van der Waals surface area contributed by atoms with Crippen molar-refractivity contribution in [2.45, 2.75) is 19.4 Å². The molecular weight excluding hydrogens is 376 g/mol. The molecule has 2 N–H and O–H groups in total. The van der Waals surface area contributed by atoms with Crippen LogP contribution < -0.4 is 9.47 Å². The number of rotatable bonds is 13. The summed E-state index contributed by atoms with van der Waals surface area (Å²) in [6.45, 7) is 3.03. The predicted octanol–water partition coefficient (Wildman–Crippen LogP) is 2.29. The largest absolute Gasteiger partial charge is 0.491 e. The number of hydrogen-bond acceptors (Lipinski definition) is 7. The van der Waals surface area contributed by atoms with Gasteiger partial charge in [0.25, 0.3) is 0 Å². The summed E-state index contributed by atoms with van der Waals surface area (Å²) in [7, 11) is 0. The Hall–Kier alpha value is -2.74. The summed E-state index contributed by atoms with van der Waals surface area (Å²) in [5.74, 6) is 0.519. The van der Waals surface area contributed by atoms with Crippen molar-refractivity contribution in [3.63, 3.8) is 0 Å². The van der Waals surface area contributed by atoms with Crippen molar-refractivity contribution in [1.82, 2.24) is 0 Å². The smallest absolute Gasteiger partial charge is 0.170 e. The summed E-state index contributed by atoms with van der Waals surface area (Å²) in [6.07, 6.45) is -1.20. The monoisotopic (exact) mass is 402 g/mol. The summed E-state index contributed by atoms with van der Waals surface area (Å²) < 4.78 is 16.0. The highest BCUT2D eigenvalue weighted by Crippen LogP contribution is 2.17. The van der Waals surface area contributed by atoms with E-state index in [0.717, 1.165) is 0 Å². The van der Waals surface area contributed by atoms with Crippen LogP contribution in [0.5, 0.6) is 11.5 Å². The standard InChI is InChI=1S/C22H26O7/c1-2-27-11-12-28-19-7-3-16(4-8-19)21(25)13-22(26)17-5-9-20(10-6-17)29-15-18(24)14-23/h3-10,18,23-24H,2,11-15H2,1H3. The number of carbonyl (C=O) groups excluding carboxylic acids is 2. The first-order valence-corrected chi connectivity index (χ1v) is 9.42. The van der Waals surface area contributed by atoms with E-state index in [4.69, 9.17) is 19.3 Å². The van der Waals surface area contributed by atoms with E-state index in [1.807, 2.05) is 6.92 Å². The molecule has 0 heterocycles. The summed E-state index contributed by atoms with van der Waals surface area (Å²) >= 11 is 0. The third-order valence-corrected chi connectivity index (χ3v) is 4.03. The molecule has 0 bridgehead atoms. The predicted molar refractivity (Wildman–Crippen MR) is 107 cm³/mol. The fraction of sp³-hybridized carbons (Fsp3) is 0.364. The van der Waals surface area contributed by atoms with E-state index in [0.29, 0.717) is 42.4 Å². The molecule has 7 nitrogen and oxygen atoms in total. The average Bonchev–Trinajstić information content (AvgIpc) is 2.75. The maximum atomic E-state index is 12.4. The van der Waals surface area contributed by atoms with Crippen molar-refractivity contribution < 1.29 is 34.0 Å². The van der Waals surface area contributed by atoms with Gasteiger partial charge < -0.3 is 24.4 Å². The lowest BCUT2D eigenvalue weighted by atomic mass is 10.0. The Labute approximate surface area is 169 Å². The summed E-state index contributed by atoms with van der Waals surface area (Å²) in [4.78, 5) is 24.7. The molecule has 1 unspecified atom stereocenters.